The Morgan fingerprint density at radius 1 is 1.12 bits per heavy atom. The second kappa shape index (κ2) is 5.17. The van der Waals surface area contributed by atoms with E-state index >= 15 is 0 Å². The van der Waals surface area contributed by atoms with E-state index in [1.807, 2.05) is 23.2 Å². The third-order valence-electron chi connectivity index (χ3n) is 3.93. The maximum atomic E-state index is 6.44. The number of rotatable bonds is 3. The summed E-state index contributed by atoms with van der Waals surface area (Å²) in [7, 11) is 0. The van der Waals surface area contributed by atoms with E-state index < -0.39 is 0 Å². The number of hydrogen-bond acceptors (Lipinski definition) is 3. The summed E-state index contributed by atoms with van der Waals surface area (Å²) < 4.78 is 0. The molecule has 17 heavy (non-hydrogen) atoms. The normalized spacial score (nSPS) is 21.4. The average molecular weight is 233 g/mol. The molecule has 0 saturated heterocycles. The van der Waals surface area contributed by atoms with Gasteiger partial charge in [0.25, 0.3) is 0 Å². The van der Waals surface area contributed by atoms with Gasteiger partial charge in [0.05, 0.1) is 5.66 Å². The standard InChI is InChI=1S/C14H23N3/c1-12(13-8-4-2-5-9-13)17(16)14(15)10-6-3-7-11-14/h2,4-5,8-9,12H,3,6-7,10-11,15-16H2,1H3. The molecule has 0 bridgehead atoms. The highest BCUT2D eigenvalue weighted by Crippen LogP contribution is 2.32. The minimum Gasteiger partial charge on any atom is -0.312 e. The summed E-state index contributed by atoms with van der Waals surface area (Å²) in [4.78, 5) is 0. The molecule has 1 saturated carbocycles. The van der Waals surface area contributed by atoms with Crippen LogP contribution >= 0.6 is 0 Å². The summed E-state index contributed by atoms with van der Waals surface area (Å²) in [6.07, 6.45) is 5.66. The van der Waals surface area contributed by atoms with Gasteiger partial charge < -0.3 is 5.73 Å². The van der Waals surface area contributed by atoms with Gasteiger partial charge in [0.15, 0.2) is 0 Å². The molecule has 1 fully saturated rings. The molecule has 0 aromatic heterocycles. The van der Waals surface area contributed by atoms with E-state index in [1.54, 1.807) is 0 Å². The van der Waals surface area contributed by atoms with Crippen molar-refractivity contribution in [3.8, 4) is 0 Å². The molecule has 3 heteroatoms. The number of benzene rings is 1. The highest BCUT2D eigenvalue weighted by atomic mass is 15.5. The third-order valence-corrected chi connectivity index (χ3v) is 3.93. The van der Waals surface area contributed by atoms with Crippen LogP contribution in [0.3, 0.4) is 0 Å². The summed E-state index contributed by atoms with van der Waals surface area (Å²) >= 11 is 0. The Balaban J connectivity index is 2.11. The second-order valence-corrected chi connectivity index (χ2v) is 5.16. The van der Waals surface area contributed by atoms with Gasteiger partial charge in [-0.05, 0) is 25.3 Å². The second-order valence-electron chi connectivity index (χ2n) is 5.16. The molecule has 1 atom stereocenters. The highest BCUT2D eigenvalue weighted by molar-refractivity contribution is 5.18. The first kappa shape index (κ1) is 12.6. The molecule has 1 unspecified atom stereocenters. The number of hydrazine groups is 1. The van der Waals surface area contributed by atoms with E-state index in [1.165, 1.54) is 24.8 Å². The maximum Gasteiger partial charge on any atom is 0.0825 e. The Labute approximate surface area is 104 Å². The molecular formula is C14H23N3. The van der Waals surface area contributed by atoms with Crippen molar-refractivity contribution >= 4 is 0 Å². The zero-order valence-electron chi connectivity index (χ0n) is 10.6. The minimum absolute atomic E-state index is 0.166. The van der Waals surface area contributed by atoms with Crippen LogP contribution in [-0.2, 0) is 0 Å². The largest absolute Gasteiger partial charge is 0.312 e. The topological polar surface area (TPSA) is 55.3 Å². The molecule has 1 aliphatic rings. The third kappa shape index (κ3) is 2.68. The first-order chi connectivity index (χ1) is 8.13. The molecule has 0 heterocycles. The van der Waals surface area contributed by atoms with Crippen LogP contribution in [0.2, 0.25) is 0 Å². The summed E-state index contributed by atoms with van der Waals surface area (Å²) in [5.41, 5.74) is 7.34. The van der Waals surface area contributed by atoms with Crippen molar-refractivity contribution in [3.05, 3.63) is 35.9 Å². The Hall–Kier alpha value is -0.900. The van der Waals surface area contributed by atoms with Gasteiger partial charge in [0.1, 0.15) is 0 Å². The molecule has 0 spiro atoms. The highest BCUT2D eigenvalue weighted by Gasteiger charge is 2.35. The fourth-order valence-corrected chi connectivity index (χ4v) is 2.70. The summed E-state index contributed by atoms with van der Waals surface area (Å²) in [6, 6.07) is 10.5. The lowest BCUT2D eigenvalue weighted by Crippen LogP contribution is -2.60. The van der Waals surface area contributed by atoms with Crippen molar-refractivity contribution in [2.75, 3.05) is 0 Å². The molecule has 0 radical (unpaired) electrons. The van der Waals surface area contributed by atoms with Gasteiger partial charge in [-0.15, -0.1) is 0 Å². The van der Waals surface area contributed by atoms with E-state index in [4.69, 9.17) is 11.6 Å². The van der Waals surface area contributed by atoms with Gasteiger partial charge in [-0.25, -0.2) is 5.01 Å². The van der Waals surface area contributed by atoms with Crippen molar-refractivity contribution in [1.82, 2.24) is 5.01 Å². The van der Waals surface area contributed by atoms with Gasteiger partial charge in [-0.1, -0.05) is 49.6 Å². The summed E-state index contributed by atoms with van der Waals surface area (Å²) in [5, 5.41) is 1.86. The monoisotopic (exact) mass is 233 g/mol. The fourth-order valence-electron chi connectivity index (χ4n) is 2.70. The Bertz CT molecular complexity index is 344. The molecule has 0 amide bonds. The van der Waals surface area contributed by atoms with Crippen LogP contribution in [0.1, 0.15) is 50.6 Å². The Morgan fingerprint density at radius 3 is 2.29 bits per heavy atom. The quantitative estimate of drug-likeness (QED) is 0.479. The van der Waals surface area contributed by atoms with Crippen molar-refractivity contribution < 1.29 is 0 Å². The zero-order chi connectivity index (χ0) is 12.3. The lowest BCUT2D eigenvalue weighted by Gasteiger charge is -2.44. The van der Waals surface area contributed by atoms with E-state index in [9.17, 15) is 0 Å². The number of nitrogens with zero attached hydrogens (tertiary/aromatic N) is 1. The SMILES string of the molecule is CC(c1ccccc1)N(N)C1(N)CCCCC1. The first-order valence-corrected chi connectivity index (χ1v) is 6.51. The van der Waals surface area contributed by atoms with Crippen LogP contribution in [0.15, 0.2) is 30.3 Å². The fraction of sp³-hybridized carbons (Fsp3) is 0.571. The van der Waals surface area contributed by atoms with E-state index in [0.29, 0.717) is 0 Å². The Kier molecular flexibility index (Phi) is 3.82. The summed E-state index contributed by atoms with van der Waals surface area (Å²) in [6.45, 7) is 2.12. The predicted molar refractivity (Wildman–Crippen MR) is 70.9 cm³/mol. The molecule has 3 nitrogen and oxygen atoms in total. The molecule has 94 valence electrons. The van der Waals surface area contributed by atoms with Crippen molar-refractivity contribution in [1.29, 1.82) is 0 Å². The van der Waals surface area contributed by atoms with E-state index in [2.05, 4.69) is 19.1 Å². The van der Waals surface area contributed by atoms with Crippen LogP contribution in [0.5, 0.6) is 0 Å². The molecule has 1 aromatic carbocycles. The van der Waals surface area contributed by atoms with Gasteiger partial charge in [-0.3, -0.25) is 5.84 Å². The van der Waals surface area contributed by atoms with Crippen molar-refractivity contribution in [2.45, 2.75) is 50.7 Å². The molecule has 1 aliphatic carbocycles. The molecule has 2 rings (SSSR count). The minimum atomic E-state index is -0.326. The van der Waals surface area contributed by atoms with Gasteiger partial charge >= 0.3 is 0 Å². The molecular weight excluding hydrogens is 210 g/mol. The lowest BCUT2D eigenvalue weighted by molar-refractivity contribution is 0.0205. The number of hydrogen-bond donors (Lipinski definition) is 2. The van der Waals surface area contributed by atoms with Crippen LogP contribution in [0.4, 0.5) is 0 Å². The summed E-state index contributed by atoms with van der Waals surface area (Å²) in [5.74, 6) is 6.27. The van der Waals surface area contributed by atoms with Gasteiger partial charge in [0.2, 0.25) is 0 Å². The predicted octanol–water partition coefficient (Wildman–Crippen LogP) is 2.54. The van der Waals surface area contributed by atoms with E-state index in [0.717, 1.165) is 12.8 Å². The maximum absolute atomic E-state index is 6.44. The van der Waals surface area contributed by atoms with Gasteiger partial charge in [0, 0.05) is 6.04 Å². The molecule has 1 aromatic rings. The van der Waals surface area contributed by atoms with Crippen LogP contribution in [-0.4, -0.2) is 10.7 Å². The van der Waals surface area contributed by atoms with E-state index in [-0.39, 0.29) is 11.7 Å². The zero-order valence-corrected chi connectivity index (χ0v) is 10.6. The van der Waals surface area contributed by atoms with Crippen LogP contribution < -0.4 is 11.6 Å². The molecule has 0 aliphatic heterocycles. The average Bonchev–Trinajstić information content (AvgIpc) is 2.39. The molecule has 4 N–H and O–H groups in total. The van der Waals surface area contributed by atoms with Crippen LogP contribution in [0.25, 0.3) is 0 Å². The van der Waals surface area contributed by atoms with Crippen molar-refractivity contribution in [2.24, 2.45) is 11.6 Å². The first-order valence-electron chi connectivity index (χ1n) is 6.51. The van der Waals surface area contributed by atoms with Crippen molar-refractivity contribution in [3.63, 3.8) is 0 Å². The van der Waals surface area contributed by atoms with Gasteiger partial charge in [-0.2, -0.15) is 0 Å². The number of nitrogens with two attached hydrogens (primary N) is 2. The Morgan fingerprint density at radius 2 is 1.71 bits per heavy atom. The van der Waals surface area contributed by atoms with Crippen LogP contribution in [0, 0.1) is 0 Å². The smallest absolute Gasteiger partial charge is 0.0825 e. The lowest BCUT2D eigenvalue weighted by atomic mass is 9.88.